The summed E-state index contributed by atoms with van der Waals surface area (Å²) < 4.78 is 19.5. The number of carbonyl (C=O) groups excluding carboxylic acids is 2. The average Bonchev–Trinajstić information content (AvgIpc) is 2.52. The van der Waals surface area contributed by atoms with E-state index in [-0.39, 0.29) is 12.2 Å². The zero-order chi connectivity index (χ0) is 16.8. The van der Waals surface area contributed by atoms with Gasteiger partial charge in [0.2, 0.25) is 0 Å². The van der Waals surface area contributed by atoms with Gasteiger partial charge in [0.25, 0.3) is 11.8 Å². The van der Waals surface area contributed by atoms with E-state index in [0.717, 1.165) is 16.1 Å². The highest BCUT2D eigenvalue weighted by atomic mass is 79.9. The fraction of sp³-hybridized carbons (Fsp3) is 0.125. The second-order valence-electron chi connectivity index (χ2n) is 4.70. The van der Waals surface area contributed by atoms with Crippen molar-refractivity contribution < 1.29 is 18.7 Å². The molecule has 0 heterocycles. The van der Waals surface area contributed by atoms with Gasteiger partial charge in [-0.2, -0.15) is 0 Å². The van der Waals surface area contributed by atoms with Gasteiger partial charge in [0.05, 0.1) is 10.0 Å². The van der Waals surface area contributed by atoms with Gasteiger partial charge in [0.15, 0.2) is 6.61 Å². The van der Waals surface area contributed by atoms with E-state index in [1.807, 2.05) is 19.1 Å². The van der Waals surface area contributed by atoms with Crippen LogP contribution in [0, 0.1) is 12.7 Å². The highest BCUT2D eigenvalue weighted by Gasteiger charge is 2.12. The molecule has 0 spiro atoms. The van der Waals surface area contributed by atoms with Gasteiger partial charge in [-0.1, -0.05) is 18.2 Å². The van der Waals surface area contributed by atoms with Crippen molar-refractivity contribution in [1.82, 2.24) is 10.9 Å². The van der Waals surface area contributed by atoms with E-state index in [2.05, 4.69) is 26.8 Å². The molecule has 0 fully saturated rings. The maximum absolute atomic E-state index is 13.4. The van der Waals surface area contributed by atoms with Crippen molar-refractivity contribution in [3.05, 3.63) is 63.9 Å². The molecule has 2 N–H and O–H groups in total. The molecular weight excluding hydrogens is 367 g/mol. The number of aryl methyl sites for hydroxylation is 1. The Hall–Kier alpha value is -2.41. The molecule has 0 unspecified atom stereocenters. The van der Waals surface area contributed by atoms with Gasteiger partial charge >= 0.3 is 0 Å². The second-order valence-corrected chi connectivity index (χ2v) is 5.56. The number of amides is 2. The molecule has 0 aliphatic carbocycles. The van der Waals surface area contributed by atoms with Crippen molar-refractivity contribution in [3.8, 4) is 5.75 Å². The Bertz CT molecular complexity index is 737. The summed E-state index contributed by atoms with van der Waals surface area (Å²) in [6, 6.07) is 10.9. The summed E-state index contributed by atoms with van der Waals surface area (Å²) >= 11 is 3.33. The van der Waals surface area contributed by atoms with Crippen LogP contribution in [0.1, 0.15) is 15.9 Å². The predicted octanol–water partition coefficient (Wildman–Crippen LogP) is 2.74. The van der Waals surface area contributed by atoms with Crippen molar-refractivity contribution in [2.45, 2.75) is 6.92 Å². The van der Waals surface area contributed by atoms with E-state index in [9.17, 15) is 14.0 Å². The Morgan fingerprint density at radius 1 is 1.17 bits per heavy atom. The molecule has 0 saturated heterocycles. The standard InChI is InChI=1S/C16H14BrFN2O3/c1-10-6-7-14(12(17)8-10)23-9-15(21)19-20-16(22)11-4-2-3-5-13(11)18/h2-8H,9H2,1H3,(H,19,21)(H,20,22). The lowest BCUT2D eigenvalue weighted by molar-refractivity contribution is -0.123. The van der Waals surface area contributed by atoms with E-state index in [4.69, 9.17) is 4.74 Å². The summed E-state index contributed by atoms with van der Waals surface area (Å²) in [7, 11) is 0. The number of rotatable bonds is 4. The van der Waals surface area contributed by atoms with Crippen LogP contribution in [0.2, 0.25) is 0 Å². The zero-order valence-corrected chi connectivity index (χ0v) is 13.8. The molecule has 120 valence electrons. The Morgan fingerprint density at radius 2 is 1.91 bits per heavy atom. The van der Waals surface area contributed by atoms with Crippen LogP contribution in [-0.2, 0) is 4.79 Å². The summed E-state index contributed by atoms with van der Waals surface area (Å²) in [5.74, 6) is -1.47. The quantitative estimate of drug-likeness (QED) is 0.801. The fourth-order valence-corrected chi connectivity index (χ4v) is 2.35. The van der Waals surface area contributed by atoms with Crippen LogP contribution in [0.25, 0.3) is 0 Å². The molecule has 0 aliphatic rings. The molecule has 0 atom stereocenters. The lowest BCUT2D eigenvalue weighted by Gasteiger charge is -2.10. The summed E-state index contributed by atoms with van der Waals surface area (Å²) in [5, 5.41) is 0. The Labute approximate surface area is 140 Å². The lowest BCUT2D eigenvalue weighted by atomic mass is 10.2. The van der Waals surface area contributed by atoms with Gasteiger partial charge in [-0.15, -0.1) is 0 Å². The number of benzene rings is 2. The first-order valence-corrected chi connectivity index (χ1v) is 7.49. The lowest BCUT2D eigenvalue weighted by Crippen LogP contribution is -2.44. The van der Waals surface area contributed by atoms with Crippen molar-refractivity contribution >= 4 is 27.7 Å². The monoisotopic (exact) mass is 380 g/mol. The topological polar surface area (TPSA) is 67.4 Å². The van der Waals surface area contributed by atoms with Crippen molar-refractivity contribution in [2.24, 2.45) is 0 Å². The minimum atomic E-state index is -0.743. The molecule has 0 bridgehead atoms. The smallest absolute Gasteiger partial charge is 0.276 e. The highest BCUT2D eigenvalue weighted by Crippen LogP contribution is 2.25. The summed E-state index contributed by atoms with van der Waals surface area (Å²) in [6.45, 7) is 1.64. The van der Waals surface area contributed by atoms with Gasteiger partial charge in [0, 0.05) is 0 Å². The fourth-order valence-electron chi connectivity index (χ4n) is 1.74. The summed E-state index contributed by atoms with van der Waals surface area (Å²) in [4.78, 5) is 23.4. The third-order valence-corrected chi connectivity index (χ3v) is 3.50. The predicted molar refractivity (Wildman–Crippen MR) is 86.4 cm³/mol. The van der Waals surface area contributed by atoms with E-state index >= 15 is 0 Å². The molecule has 0 radical (unpaired) electrons. The van der Waals surface area contributed by atoms with E-state index in [0.29, 0.717) is 5.75 Å². The zero-order valence-electron chi connectivity index (χ0n) is 12.2. The summed E-state index contributed by atoms with van der Waals surface area (Å²) in [6.07, 6.45) is 0. The number of hydrogen-bond acceptors (Lipinski definition) is 3. The van der Waals surface area contributed by atoms with Gasteiger partial charge < -0.3 is 4.74 Å². The van der Waals surface area contributed by atoms with Crippen LogP contribution in [0.5, 0.6) is 5.75 Å². The number of nitrogens with one attached hydrogen (secondary N) is 2. The molecule has 2 amide bonds. The second kappa shape index (κ2) is 7.73. The first kappa shape index (κ1) is 17.0. The summed E-state index contributed by atoms with van der Waals surface area (Å²) in [5.41, 5.74) is 5.18. The van der Waals surface area contributed by atoms with Gasteiger partial charge in [-0.3, -0.25) is 20.4 Å². The number of ether oxygens (including phenoxy) is 1. The maximum atomic E-state index is 13.4. The number of carbonyl (C=O) groups is 2. The Morgan fingerprint density at radius 3 is 2.61 bits per heavy atom. The minimum absolute atomic E-state index is 0.157. The molecule has 5 nitrogen and oxygen atoms in total. The van der Waals surface area contributed by atoms with Crippen LogP contribution < -0.4 is 15.6 Å². The van der Waals surface area contributed by atoms with Crippen molar-refractivity contribution in [1.29, 1.82) is 0 Å². The number of halogens is 2. The van der Waals surface area contributed by atoms with Crippen molar-refractivity contribution in [3.63, 3.8) is 0 Å². The van der Waals surface area contributed by atoms with Crippen LogP contribution in [0.15, 0.2) is 46.9 Å². The van der Waals surface area contributed by atoms with Gasteiger partial charge in [0.1, 0.15) is 11.6 Å². The highest BCUT2D eigenvalue weighted by molar-refractivity contribution is 9.10. The van der Waals surface area contributed by atoms with Crippen LogP contribution in [0.4, 0.5) is 4.39 Å². The Kier molecular flexibility index (Phi) is 5.70. The third-order valence-electron chi connectivity index (χ3n) is 2.88. The first-order chi connectivity index (χ1) is 11.0. The van der Waals surface area contributed by atoms with Crippen LogP contribution >= 0.6 is 15.9 Å². The number of hydrazine groups is 1. The third kappa shape index (κ3) is 4.79. The normalized spacial score (nSPS) is 10.0. The first-order valence-electron chi connectivity index (χ1n) is 6.70. The van der Waals surface area contributed by atoms with Crippen molar-refractivity contribution in [2.75, 3.05) is 6.61 Å². The van der Waals surface area contributed by atoms with E-state index in [1.54, 1.807) is 6.07 Å². The number of hydrogen-bond donors (Lipinski definition) is 2. The molecule has 7 heteroatoms. The molecule has 23 heavy (non-hydrogen) atoms. The SMILES string of the molecule is Cc1ccc(OCC(=O)NNC(=O)c2ccccc2F)c(Br)c1. The maximum Gasteiger partial charge on any atom is 0.276 e. The van der Waals surface area contributed by atoms with Crippen LogP contribution in [-0.4, -0.2) is 18.4 Å². The van der Waals surface area contributed by atoms with Crippen LogP contribution in [0.3, 0.4) is 0 Å². The largest absolute Gasteiger partial charge is 0.483 e. The van der Waals surface area contributed by atoms with Gasteiger partial charge in [-0.25, -0.2) is 4.39 Å². The average molecular weight is 381 g/mol. The molecule has 0 aromatic heterocycles. The molecule has 2 aromatic rings. The molecular formula is C16H14BrFN2O3. The molecule has 0 saturated carbocycles. The molecule has 2 rings (SSSR count). The molecule has 0 aliphatic heterocycles. The minimum Gasteiger partial charge on any atom is -0.483 e. The Balaban J connectivity index is 1.83. The van der Waals surface area contributed by atoms with Gasteiger partial charge in [-0.05, 0) is 52.7 Å². The molecule has 2 aromatic carbocycles. The van der Waals surface area contributed by atoms with E-state index in [1.165, 1.54) is 18.2 Å². The van der Waals surface area contributed by atoms with E-state index < -0.39 is 17.6 Å².